The molecule has 0 aliphatic heterocycles. The van der Waals surface area contributed by atoms with Gasteiger partial charge in [-0.25, -0.2) is 0 Å². The van der Waals surface area contributed by atoms with Crippen LogP contribution in [-0.2, 0) is 0 Å². The lowest BCUT2D eigenvalue weighted by atomic mass is 10.0. The molecule has 0 fully saturated rings. The average molecular weight is 608 g/mol. The van der Waals surface area contributed by atoms with E-state index in [4.69, 9.17) is 0 Å². The second-order valence-electron chi connectivity index (χ2n) is 11.7. The third-order valence-electron chi connectivity index (χ3n) is 9.21. The van der Waals surface area contributed by atoms with Gasteiger partial charge in [-0.1, -0.05) is 109 Å². The number of hydrogen-bond donors (Lipinski definition) is 0. The minimum Gasteiger partial charge on any atom is -0.308 e. The van der Waals surface area contributed by atoms with Crippen molar-refractivity contribution in [2.45, 2.75) is 0 Å². The SMILES string of the molecule is c1ccc(-c2ccc3c4ccccc4n(-c4cccc5c4sc4ccc(-c6ccc7c(c6)sc6ccccc67)cc45)c3c2)cc1. The van der Waals surface area contributed by atoms with E-state index in [1.165, 1.54) is 90.1 Å². The molecule has 0 radical (unpaired) electrons. The van der Waals surface area contributed by atoms with Crippen molar-refractivity contribution in [2.75, 3.05) is 0 Å². The van der Waals surface area contributed by atoms with Crippen LogP contribution >= 0.6 is 22.7 Å². The van der Waals surface area contributed by atoms with Gasteiger partial charge in [-0.3, -0.25) is 0 Å². The Hall–Kier alpha value is -5.22. The van der Waals surface area contributed by atoms with Crippen LogP contribution in [0.25, 0.3) is 90.1 Å². The lowest BCUT2D eigenvalue weighted by Crippen LogP contribution is -1.94. The van der Waals surface area contributed by atoms with Gasteiger partial charge in [-0.2, -0.15) is 0 Å². The van der Waals surface area contributed by atoms with Gasteiger partial charge in [-0.05, 0) is 64.7 Å². The molecule has 0 amide bonds. The van der Waals surface area contributed by atoms with Crippen molar-refractivity contribution in [2.24, 2.45) is 0 Å². The van der Waals surface area contributed by atoms with Crippen molar-refractivity contribution < 1.29 is 0 Å². The van der Waals surface area contributed by atoms with Gasteiger partial charge in [0.25, 0.3) is 0 Å². The van der Waals surface area contributed by atoms with Crippen molar-refractivity contribution in [3.05, 3.63) is 152 Å². The molecular weight excluding hydrogens is 583 g/mol. The highest BCUT2D eigenvalue weighted by atomic mass is 32.1. The van der Waals surface area contributed by atoms with E-state index < -0.39 is 0 Å². The fraction of sp³-hybridized carbons (Fsp3) is 0. The molecule has 0 atom stereocenters. The zero-order valence-corrected chi connectivity index (χ0v) is 25.8. The second kappa shape index (κ2) is 9.64. The summed E-state index contributed by atoms with van der Waals surface area (Å²) in [5.41, 5.74) is 8.70. The van der Waals surface area contributed by atoms with Crippen LogP contribution in [0.2, 0.25) is 0 Å². The van der Waals surface area contributed by atoms with Gasteiger partial charge in [0.2, 0.25) is 0 Å². The van der Waals surface area contributed by atoms with Crippen molar-refractivity contribution in [1.82, 2.24) is 4.57 Å². The van der Waals surface area contributed by atoms with E-state index in [-0.39, 0.29) is 0 Å². The van der Waals surface area contributed by atoms with Crippen LogP contribution in [0.3, 0.4) is 0 Å². The van der Waals surface area contributed by atoms with Crippen LogP contribution < -0.4 is 0 Å². The Balaban J connectivity index is 1.18. The van der Waals surface area contributed by atoms with Gasteiger partial charge in [-0.15, -0.1) is 22.7 Å². The van der Waals surface area contributed by atoms with E-state index in [9.17, 15) is 0 Å². The number of para-hydroxylation sites is 1. The maximum Gasteiger partial charge on any atom is 0.0640 e. The topological polar surface area (TPSA) is 4.93 Å². The summed E-state index contributed by atoms with van der Waals surface area (Å²) < 4.78 is 7.79. The quantitative estimate of drug-likeness (QED) is 0.188. The monoisotopic (exact) mass is 607 g/mol. The van der Waals surface area contributed by atoms with E-state index in [1.807, 2.05) is 22.7 Å². The Labute approximate surface area is 267 Å². The molecule has 0 spiro atoms. The largest absolute Gasteiger partial charge is 0.308 e. The molecule has 1 nitrogen and oxygen atoms in total. The number of thiophene rings is 2. The maximum atomic E-state index is 2.48. The highest BCUT2D eigenvalue weighted by Crippen LogP contribution is 2.43. The minimum absolute atomic E-state index is 1.23. The molecule has 3 heterocycles. The molecular formula is C42H25NS2. The first-order valence-corrected chi connectivity index (χ1v) is 16.9. The van der Waals surface area contributed by atoms with Gasteiger partial charge in [0, 0.05) is 46.4 Å². The van der Waals surface area contributed by atoms with E-state index in [0.717, 1.165) is 0 Å². The molecule has 10 aromatic rings. The number of fused-ring (bicyclic) bond motifs is 9. The normalized spacial score (nSPS) is 12.0. The first kappa shape index (κ1) is 25.1. The van der Waals surface area contributed by atoms with Gasteiger partial charge in [0.05, 0.1) is 21.4 Å². The zero-order chi connectivity index (χ0) is 29.5. The second-order valence-corrected chi connectivity index (χ2v) is 13.9. The smallest absolute Gasteiger partial charge is 0.0640 e. The highest BCUT2D eigenvalue weighted by molar-refractivity contribution is 7.26. The maximum absolute atomic E-state index is 2.48. The van der Waals surface area contributed by atoms with Crippen LogP contribution in [0.1, 0.15) is 0 Å². The molecule has 10 rings (SSSR count). The van der Waals surface area contributed by atoms with Crippen molar-refractivity contribution in [1.29, 1.82) is 0 Å². The van der Waals surface area contributed by atoms with Gasteiger partial charge in [0.1, 0.15) is 0 Å². The number of hydrogen-bond acceptors (Lipinski definition) is 2. The summed E-state index contributed by atoms with van der Waals surface area (Å²) in [6.45, 7) is 0. The van der Waals surface area contributed by atoms with E-state index >= 15 is 0 Å². The number of benzene rings is 7. The number of aromatic nitrogens is 1. The minimum atomic E-state index is 1.23. The molecule has 0 aliphatic rings. The fourth-order valence-electron chi connectivity index (χ4n) is 7.08. The molecule has 0 saturated heterocycles. The van der Waals surface area contributed by atoms with Gasteiger partial charge < -0.3 is 4.57 Å². The first-order chi connectivity index (χ1) is 22.3. The number of nitrogens with zero attached hydrogens (tertiary/aromatic N) is 1. The predicted octanol–water partition coefficient (Wildman–Crippen LogP) is 12.9. The van der Waals surface area contributed by atoms with E-state index in [1.54, 1.807) is 0 Å². The Bertz CT molecular complexity index is 2760. The zero-order valence-electron chi connectivity index (χ0n) is 24.2. The lowest BCUT2D eigenvalue weighted by Gasteiger charge is -2.10. The summed E-state index contributed by atoms with van der Waals surface area (Å²) in [6, 6.07) is 55.9. The molecule has 0 N–H and O–H groups in total. The Morgan fingerprint density at radius 1 is 0.333 bits per heavy atom. The molecule has 3 aromatic heterocycles. The molecule has 7 aromatic carbocycles. The van der Waals surface area contributed by atoms with E-state index in [0.29, 0.717) is 0 Å². The summed E-state index contributed by atoms with van der Waals surface area (Å²) in [7, 11) is 0. The summed E-state index contributed by atoms with van der Waals surface area (Å²) >= 11 is 3.77. The summed E-state index contributed by atoms with van der Waals surface area (Å²) in [4.78, 5) is 0. The molecule has 0 unspecified atom stereocenters. The summed E-state index contributed by atoms with van der Waals surface area (Å²) in [6.07, 6.45) is 0. The summed E-state index contributed by atoms with van der Waals surface area (Å²) in [5.74, 6) is 0. The van der Waals surface area contributed by atoms with Crippen LogP contribution in [-0.4, -0.2) is 4.57 Å². The highest BCUT2D eigenvalue weighted by Gasteiger charge is 2.17. The average Bonchev–Trinajstić information content (AvgIpc) is 3.77. The van der Waals surface area contributed by atoms with Crippen molar-refractivity contribution in [3.63, 3.8) is 0 Å². The number of rotatable bonds is 3. The Morgan fingerprint density at radius 3 is 1.89 bits per heavy atom. The molecule has 3 heteroatoms. The Morgan fingerprint density at radius 2 is 0.978 bits per heavy atom. The molecule has 0 saturated carbocycles. The van der Waals surface area contributed by atoms with Crippen LogP contribution in [0, 0.1) is 0 Å². The van der Waals surface area contributed by atoms with Crippen LogP contribution in [0.15, 0.2) is 152 Å². The van der Waals surface area contributed by atoms with Crippen molar-refractivity contribution in [3.8, 4) is 27.9 Å². The third kappa shape index (κ3) is 3.78. The van der Waals surface area contributed by atoms with Crippen molar-refractivity contribution >= 4 is 84.8 Å². The third-order valence-corrected chi connectivity index (χ3v) is 11.6. The van der Waals surface area contributed by atoms with Crippen LogP contribution in [0.5, 0.6) is 0 Å². The fourth-order valence-corrected chi connectivity index (χ4v) is 9.42. The standard InChI is InChI=1S/C42H25NS2/c1-2-9-26(10-3-1)28-17-20-31-30-11-4-6-14-36(30)43(38(31)24-28)37-15-8-13-34-35-23-27(19-22-40(35)45-42(34)37)29-18-21-33-32-12-5-7-16-39(32)44-41(33)25-29/h1-25H. The first-order valence-electron chi connectivity index (χ1n) is 15.3. The van der Waals surface area contributed by atoms with Crippen LogP contribution in [0.4, 0.5) is 0 Å². The molecule has 0 aliphatic carbocycles. The lowest BCUT2D eigenvalue weighted by molar-refractivity contribution is 1.20. The van der Waals surface area contributed by atoms with Gasteiger partial charge >= 0.3 is 0 Å². The molecule has 0 bridgehead atoms. The van der Waals surface area contributed by atoms with E-state index in [2.05, 4.69) is 156 Å². The molecule has 210 valence electrons. The Kier molecular flexibility index (Phi) is 5.39. The predicted molar refractivity (Wildman–Crippen MR) is 197 cm³/mol. The summed E-state index contributed by atoms with van der Waals surface area (Å²) in [5, 5.41) is 7.87. The molecule has 45 heavy (non-hydrogen) atoms. The van der Waals surface area contributed by atoms with Gasteiger partial charge in [0.15, 0.2) is 0 Å².